The highest BCUT2D eigenvalue weighted by atomic mass is 79.9. The SMILES string of the molecule is CCc1ccc(C(CC)CC2OC2CC)cc1Br. The molecule has 1 nitrogen and oxygen atoms in total. The van der Waals surface area contributed by atoms with E-state index in [1.54, 1.807) is 0 Å². The molecule has 0 amide bonds. The maximum absolute atomic E-state index is 5.68. The highest BCUT2D eigenvalue weighted by Crippen LogP contribution is 2.37. The number of ether oxygens (including phenoxy) is 1. The van der Waals surface area contributed by atoms with Crippen LogP contribution in [0.5, 0.6) is 0 Å². The second-order valence-electron chi connectivity index (χ2n) is 5.17. The lowest BCUT2D eigenvalue weighted by Crippen LogP contribution is -2.04. The van der Waals surface area contributed by atoms with Crippen LogP contribution in [0.1, 0.15) is 57.1 Å². The Kier molecular flexibility index (Phi) is 4.85. The van der Waals surface area contributed by atoms with Crippen LogP contribution in [0.15, 0.2) is 22.7 Å². The van der Waals surface area contributed by atoms with Gasteiger partial charge in [0.05, 0.1) is 12.2 Å². The monoisotopic (exact) mass is 310 g/mol. The number of benzene rings is 1. The Balaban J connectivity index is 2.05. The van der Waals surface area contributed by atoms with Gasteiger partial charge in [0.15, 0.2) is 0 Å². The topological polar surface area (TPSA) is 12.5 Å². The summed E-state index contributed by atoms with van der Waals surface area (Å²) in [6, 6.07) is 6.85. The van der Waals surface area contributed by atoms with Crippen LogP contribution in [-0.2, 0) is 11.2 Å². The van der Waals surface area contributed by atoms with Gasteiger partial charge in [0.25, 0.3) is 0 Å². The quantitative estimate of drug-likeness (QED) is 0.668. The molecule has 1 aromatic rings. The van der Waals surface area contributed by atoms with E-state index in [0.29, 0.717) is 18.1 Å². The van der Waals surface area contributed by atoms with Gasteiger partial charge < -0.3 is 4.74 Å². The molecule has 2 heteroatoms. The van der Waals surface area contributed by atoms with Gasteiger partial charge in [0.2, 0.25) is 0 Å². The Hall–Kier alpha value is -0.340. The van der Waals surface area contributed by atoms with E-state index >= 15 is 0 Å². The molecule has 1 aromatic carbocycles. The normalized spacial score (nSPS) is 24.0. The van der Waals surface area contributed by atoms with Gasteiger partial charge in [-0.2, -0.15) is 0 Å². The first kappa shape index (κ1) is 14.1. The Labute approximate surface area is 119 Å². The first-order valence-electron chi connectivity index (χ1n) is 7.13. The molecule has 0 radical (unpaired) electrons. The van der Waals surface area contributed by atoms with E-state index in [-0.39, 0.29) is 0 Å². The van der Waals surface area contributed by atoms with E-state index in [4.69, 9.17) is 4.74 Å². The summed E-state index contributed by atoms with van der Waals surface area (Å²) in [5.74, 6) is 0.633. The van der Waals surface area contributed by atoms with E-state index in [1.807, 2.05) is 0 Å². The van der Waals surface area contributed by atoms with Crippen molar-refractivity contribution < 1.29 is 4.74 Å². The van der Waals surface area contributed by atoms with Crippen molar-refractivity contribution in [2.75, 3.05) is 0 Å². The van der Waals surface area contributed by atoms with Gasteiger partial charge in [-0.1, -0.05) is 48.8 Å². The van der Waals surface area contributed by atoms with E-state index in [2.05, 4.69) is 54.9 Å². The second kappa shape index (κ2) is 6.21. The predicted molar refractivity (Wildman–Crippen MR) is 80.1 cm³/mol. The molecule has 0 bridgehead atoms. The van der Waals surface area contributed by atoms with Crippen LogP contribution in [0.4, 0.5) is 0 Å². The molecule has 0 aromatic heterocycles. The highest BCUT2D eigenvalue weighted by Gasteiger charge is 2.38. The summed E-state index contributed by atoms with van der Waals surface area (Å²) in [5.41, 5.74) is 2.84. The third-order valence-corrected chi connectivity index (χ3v) is 4.77. The Morgan fingerprint density at radius 2 is 2.00 bits per heavy atom. The molecule has 1 saturated heterocycles. The zero-order valence-electron chi connectivity index (χ0n) is 11.6. The summed E-state index contributed by atoms with van der Waals surface area (Å²) in [5, 5.41) is 0. The summed E-state index contributed by atoms with van der Waals surface area (Å²) < 4.78 is 6.94. The molecule has 0 saturated carbocycles. The molecule has 1 heterocycles. The summed E-state index contributed by atoms with van der Waals surface area (Å²) in [4.78, 5) is 0. The minimum Gasteiger partial charge on any atom is -0.370 e. The third kappa shape index (κ3) is 3.16. The van der Waals surface area contributed by atoms with Crippen molar-refractivity contribution in [3.63, 3.8) is 0 Å². The van der Waals surface area contributed by atoms with Crippen LogP contribution in [0, 0.1) is 0 Å². The largest absolute Gasteiger partial charge is 0.370 e. The van der Waals surface area contributed by atoms with Crippen molar-refractivity contribution in [1.82, 2.24) is 0 Å². The van der Waals surface area contributed by atoms with Gasteiger partial charge in [-0.15, -0.1) is 0 Å². The lowest BCUT2D eigenvalue weighted by Gasteiger charge is -2.15. The number of hydrogen-bond acceptors (Lipinski definition) is 1. The zero-order chi connectivity index (χ0) is 13.1. The van der Waals surface area contributed by atoms with E-state index in [9.17, 15) is 0 Å². The summed E-state index contributed by atoms with van der Waals surface area (Å²) in [7, 11) is 0. The van der Waals surface area contributed by atoms with Crippen LogP contribution in [0.25, 0.3) is 0 Å². The smallest absolute Gasteiger partial charge is 0.0847 e. The summed E-state index contributed by atoms with van der Waals surface area (Å²) in [6.07, 6.45) is 5.63. The Morgan fingerprint density at radius 3 is 2.50 bits per heavy atom. The van der Waals surface area contributed by atoms with Crippen LogP contribution in [0.2, 0.25) is 0 Å². The molecule has 3 atom stereocenters. The minimum absolute atomic E-state index is 0.504. The van der Waals surface area contributed by atoms with Crippen molar-refractivity contribution in [1.29, 1.82) is 0 Å². The lowest BCUT2D eigenvalue weighted by atomic mass is 9.90. The van der Waals surface area contributed by atoms with Gasteiger partial charge in [0, 0.05) is 4.47 Å². The summed E-state index contributed by atoms with van der Waals surface area (Å²) in [6.45, 7) is 6.68. The number of aryl methyl sites for hydroxylation is 1. The third-order valence-electron chi connectivity index (χ3n) is 4.03. The van der Waals surface area contributed by atoms with Crippen molar-refractivity contribution in [3.05, 3.63) is 33.8 Å². The maximum Gasteiger partial charge on any atom is 0.0847 e. The molecular formula is C16H23BrO. The highest BCUT2D eigenvalue weighted by molar-refractivity contribution is 9.10. The second-order valence-corrected chi connectivity index (χ2v) is 6.02. The molecule has 0 aliphatic carbocycles. The Morgan fingerprint density at radius 1 is 1.22 bits per heavy atom. The lowest BCUT2D eigenvalue weighted by molar-refractivity contribution is 0.349. The molecule has 1 aliphatic rings. The van der Waals surface area contributed by atoms with Gasteiger partial charge >= 0.3 is 0 Å². The zero-order valence-corrected chi connectivity index (χ0v) is 13.2. The summed E-state index contributed by atoms with van der Waals surface area (Å²) >= 11 is 3.68. The predicted octanol–water partition coefficient (Wildman–Crippen LogP) is 5.07. The number of rotatable bonds is 6. The van der Waals surface area contributed by atoms with Crippen LogP contribution in [0.3, 0.4) is 0 Å². The van der Waals surface area contributed by atoms with Gasteiger partial charge in [-0.05, 0) is 48.8 Å². The molecule has 1 aliphatic heterocycles. The van der Waals surface area contributed by atoms with Gasteiger partial charge in [-0.25, -0.2) is 0 Å². The standard InChI is InChI=1S/C16H23BrO/c1-4-11-7-8-13(9-14(11)17)12(5-2)10-16-15(6-3)18-16/h7-9,12,15-16H,4-6,10H2,1-3H3. The molecule has 100 valence electrons. The molecular weight excluding hydrogens is 288 g/mol. The van der Waals surface area contributed by atoms with Gasteiger partial charge in [-0.3, -0.25) is 0 Å². The molecule has 18 heavy (non-hydrogen) atoms. The average molecular weight is 311 g/mol. The first-order valence-corrected chi connectivity index (χ1v) is 7.92. The van der Waals surface area contributed by atoms with Gasteiger partial charge in [0.1, 0.15) is 0 Å². The van der Waals surface area contributed by atoms with Crippen molar-refractivity contribution >= 4 is 15.9 Å². The van der Waals surface area contributed by atoms with Crippen molar-refractivity contribution in [2.24, 2.45) is 0 Å². The molecule has 1 fully saturated rings. The van der Waals surface area contributed by atoms with E-state index in [1.165, 1.54) is 28.4 Å². The molecule has 3 unspecified atom stereocenters. The molecule has 2 rings (SSSR count). The van der Waals surface area contributed by atoms with Crippen LogP contribution < -0.4 is 0 Å². The minimum atomic E-state index is 0.504. The van der Waals surface area contributed by atoms with Crippen molar-refractivity contribution in [2.45, 2.75) is 64.6 Å². The molecule has 0 spiro atoms. The maximum atomic E-state index is 5.68. The number of hydrogen-bond donors (Lipinski definition) is 0. The number of halogens is 1. The number of epoxide rings is 1. The van der Waals surface area contributed by atoms with Crippen molar-refractivity contribution in [3.8, 4) is 0 Å². The van der Waals surface area contributed by atoms with E-state index in [0.717, 1.165) is 12.8 Å². The average Bonchev–Trinajstić information content (AvgIpc) is 3.14. The first-order chi connectivity index (χ1) is 8.69. The fraction of sp³-hybridized carbons (Fsp3) is 0.625. The van der Waals surface area contributed by atoms with Crippen LogP contribution in [-0.4, -0.2) is 12.2 Å². The molecule has 0 N–H and O–H groups in total. The van der Waals surface area contributed by atoms with Crippen LogP contribution >= 0.6 is 15.9 Å². The fourth-order valence-corrected chi connectivity index (χ4v) is 3.35. The van der Waals surface area contributed by atoms with E-state index < -0.39 is 0 Å². The fourth-order valence-electron chi connectivity index (χ4n) is 2.67. The Bertz CT molecular complexity index is 402.